The SMILES string of the molecule is CC(=O)Nc1ccc(C2=C(N3CC(C)OC(C)C3)C(=O)N(C(C)C)C2=O)cc1. The molecule has 1 aromatic carbocycles. The maximum Gasteiger partial charge on any atom is 0.278 e. The first-order chi connectivity index (χ1) is 13.2. The zero-order valence-electron chi connectivity index (χ0n) is 17.0. The first-order valence-electron chi connectivity index (χ1n) is 9.59. The summed E-state index contributed by atoms with van der Waals surface area (Å²) in [6.45, 7) is 10.1. The Balaban J connectivity index is 2.05. The van der Waals surface area contributed by atoms with Crippen molar-refractivity contribution in [3.05, 3.63) is 35.5 Å². The summed E-state index contributed by atoms with van der Waals surface area (Å²) in [4.78, 5) is 40.9. The fourth-order valence-electron chi connectivity index (χ4n) is 3.84. The maximum absolute atomic E-state index is 13.2. The molecule has 7 heteroatoms. The average Bonchev–Trinajstić information content (AvgIpc) is 2.85. The van der Waals surface area contributed by atoms with E-state index in [0.717, 1.165) is 0 Å². The summed E-state index contributed by atoms with van der Waals surface area (Å²) >= 11 is 0. The van der Waals surface area contributed by atoms with Crippen LogP contribution in [0.3, 0.4) is 0 Å². The molecular weight excluding hydrogens is 358 g/mol. The number of ether oxygens (including phenoxy) is 1. The fraction of sp³-hybridized carbons (Fsp3) is 0.476. The third kappa shape index (κ3) is 3.80. The van der Waals surface area contributed by atoms with Gasteiger partial charge in [0.2, 0.25) is 5.91 Å². The van der Waals surface area contributed by atoms with Crippen LogP contribution in [0.25, 0.3) is 5.57 Å². The molecule has 1 N–H and O–H groups in total. The molecule has 0 aliphatic carbocycles. The van der Waals surface area contributed by atoms with Crippen LogP contribution < -0.4 is 5.32 Å². The average molecular weight is 385 g/mol. The summed E-state index contributed by atoms with van der Waals surface area (Å²) < 4.78 is 5.79. The summed E-state index contributed by atoms with van der Waals surface area (Å²) in [6.07, 6.45) is -0.0636. The van der Waals surface area contributed by atoms with Crippen LogP contribution in [0.1, 0.15) is 40.2 Å². The quantitative estimate of drug-likeness (QED) is 0.804. The third-order valence-electron chi connectivity index (χ3n) is 4.84. The van der Waals surface area contributed by atoms with Gasteiger partial charge < -0.3 is 15.0 Å². The number of amides is 3. The molecule has 150 valence electrons. The molecule has 2 atom stereocenters. The Morgan fingerprint density at radius 2 is 1.64 bits per heavy atom. The summed E-state index contributed by atoms with van der Waals surface area (Å²) in [5.74, 6) is -0.710. The van der Waals surface area contributed by atoms with Crippen molar-refractivity contribution >= 4 is 29.0 Å². The second kappa shape index (κ2) is 7.75. The summed E-state index contributed by atoms with van der Waals surface area (Å²) in [7, 11) is 0. The van der Waals surface area contributed by atoms with Crippen LogP contribution in [-0.2, 0) is 19.1 Å². The molecule has 0 radical (unpaired) electrons. The number of rotatable bonds is 4. The number of hydrogen-bond donors (Lipinski definition) is 1. The van der Waals surface area contributed by atoms with E-state index in [9.17, 15) is 14.4 Å². The van der Waals surface area contributed by atoms with Crippen LogP contribution in [0.15, 0.2) is 30.0 Å². The van der Waals surface area contributed by atoms with Crippen molar-refractivity contribution in [2.24, 2.45) is 0 Å². The topological polar surface area (TPSA) is 79.0 Å². The van der Waals surface area contributed by atoms with Gasteiger partial charge in [0.05, 0.1) is 17.8 Å². The van der Waals surface area contributed by atoms with E-state index in [1.165, 1.54) is 11.8 Å². The summed E-state index contributed by atoms with van der Waals surface area (Å²) in [5.41, 5.74) is 2.16. The highest BCUT2D eigenvalue weighted by Crippen LogP contribution is 2.34. The number of anilines is 1. The first kappa shape index (κ1) is 20.1. The minimum Gasteiger partial charge on any atom is -0.372 e. The Hall–Kier alpha value is -2.67. The Morgan fingerprint density at radius 1 is 1.07 bits per heavy atom. The van der Waals surface area contributed by atoms with Gasteiger partial charge in [-0.3, -0.25) is 19.3 Å². The minimum atomic E-state index is -0.283. The van der Waals surface area contributed by atoms with Crippen molar-refractivity contribution in [2.45, 2.75) is 52.9 Å². The van der Waals surface area contributed by atoms with Crippen molar-refractivity contribution in [2.75, 3.05) is 18.4 Å². The molecule has 1 aromatic rings. The molecule has 2 aliphatic rings. The number of benzene rings is 1. The smallest absolute Gasteiger partial charge is 0.278 e. The molecule has 1 saturated heterocycles. The molecule has 0 spiro atoms. The lowest BCUT2D eigenvalue weighted by atomic mass is 10.0. The summed E-state index contributed by atoms with van der Waals surface area (Å²) in [6, 6.07) is 6.77. The number of nitrogens with zero attached hydrogens (tertiary/aromatic N) is 2. The van der Waals surface area contributed by atoms with E-state index in [-0.39, 0.29) is 36.0 Å². The molecule has 2 unspecified atom stereocenters. The summed E-state index contributed by atoms with van der Waals surface area (Å²) in [5, 5.41) is 2.71. The number of nitrogens with one attached hydrogen (secondary N) is 1. The van der Waals surface area contributed by atoms with Gasteiger partial charge in [-0.1, -0.05) is 12.1 Å². The van der Waals surface area contributed by atoms with E-state index in [1.54, 1.807) is 24.3 Å². The van der Waals surface area contributed by atoms with E-state index < -0.39 is 0 Å². The number of carbonyl (C=O) groups excluding carboxylic acids is 3. The number of hydrogen-bond acceptors (Lipinski definition) is 5. The van der Waals surface area contributed by atoms with E-state index in [2.05, 4.69) is 5.32 Å². The largest absolute Gasteiger partial charge is 0.372 e. The Morgan fingerprint density at radius 3 is 2.14 bits per heavy atom. The van der Waals surface area contributed by atoms with Gasteiger partial charge in [0.25, 0.3) is 11.8 Å². The molecule has 2 aliphatic heterocycles. The zero-order chi connectivity index (χ0) is 20.6. The highest BCUT2D eigenvalue weighted by Gasteiger charge is 2.44. The molecule has 2 heterocycles. The van der Waals surface area contributed by atoms with Gasteiger partial charge >= 0.3 is 0 Å². The maximum atomic E-state index is 13.2. The van der Waals surface area contributed by atoms with Crippen molar-refractivity contribution in [1.82, 2.24) is 9.80 Å². The number of imide groups is 1. The fourth-order valence-corrected chi connectivity index (χ4v) is 3.84. The molecule has 7 nitrogen and oxygen atoms in total. The van der Waals surface area contributed by atoms with Gasteiger partial charge in [-0.05, 0) is 45.4 Å². The van der Waals surface area contributed by atoms with Crippen molar-refractivity contribution in [1.29, 1.82) is 0 Å². The Bertz CT molecular complexity index is 819. The zero-order valence-corrected chi connectivity index (χ0v) is 17.0. The van der Waals surface area contributed by atoms with Gasteiger partial charge in [0, 0.05) is 31.7 Å². The van der Waals surface area contributed by atoms with E-state index in [1.807, 2.05) is 32.6 Å². The van der Waals surface area contributed by atoms with Gasteiger partial charge in [-0.15, -0.1) is 0 Å². The van der Waals surface area contributed by atoms with Gasteiger partial charge in [0.1, 0.15) is 5.70 Å². The van der Waals surface area contributed by atoms with E-state index >= 15 is 0 Å². The van der Waals surface area contributed by atoms with Gasteiger partial charge in [-0.2, -0.15) is 0 Å². The van der Waals surface area contributed by atoms with Crippen molar-refractivity contribution in [3.8, 4) is 0 Å². The predicted molar refractivity (Wildman–Crippen MR) is 106 cm³/mol. The molecule has 0 bridgehead atoms. The van der Waals surface area contributed by atoms with Crippen LogP contribution in [0.2, 0.25) is 0 Å². The lowest BCUT2D eigenvalue weighted by Gasteiger charge is -2.37. The molecule has 0 saturated carbocycles. The van der Waals surface area contributed by atoms with Crippen molar-refractivity contribution in [3.63, 3.8) is 0 Å². The van der Waals surface area contributed by atoms with E-state index in [0.29, 0.717) is 35.6 Å². The molecule has 0 aromatic heterocycles. The molecule has 28 heavy (non-hydrogen) atoms. The van der Waals surface area contributed by atoms with Crippen LogP contribution in [0, 0.1) is 0 Å². The standard InChI is InChI=1S/C21H27N3O4/c1-12(2)24-20(26)18(16-6-8-17(9-7-16)22-15(5)25)19(21(24)27)23-10-13(3)28-14(4)11-23/h6-9,12-14H,10-11H2,1-5H3,(H,22,25). The van der Waals surface area contributed by atoms with Crippen LogP contribution in [0.4, 0.5) is 5.69 Å². The van der Waals surface area contributed by atoms with Crippen LogP contribution in [0.5, 0.6) is 0 Å². The Labute approximate surface area is 165 Å². The normalized spacial score (nSPS) is 23.1. The number of morpholine rings is 1. The minimum absolute atomic E-state index is 0.0318. The monoisotopic (exact) mass is 385 g/mol. The van der Waals surface area contributed by atoms with Crippen molar-refractivity contribution < 1.29 is 19.1 Å². The molecule has 1 fully saturated rings. The first-order valence-corrected chi connectivity index (χ1v) is 9.59. The van der Waals surface area contributed by atoms with Crippen LogP contribution in [-0.4, -0.2) is 58.9 Å². The third-order valence-corrected chi connectivity index (χ3v) is 4.84. The van der Waals surface area contributed by atoms with E-state index in [4.69, 9.17) is 4.74 Å². The second-order valence-electron chi connectivity index (χ2n) is 7.72. The molecule has 3 amide bonds. The molecular formula is C21H27N3O4. The highest BCUT2D eigenvalue weighted by atomic mass is 16.5. The second-order valence-corrected chi connectivity index (χ2v) is 7.72. The number of carbonyl (C=O) groups is 3. The van der Waals surface area contributed by atoms with Gasteiger partial charge in [0.15, 0.2) is 0 Å². The lowest BCUT2D eigenvalue weighted by Crippen LogP contribution is -2.47. The lowest BCUT2D eigenvalue weighted by molar-refractivity contribution is -0.140. The predicted octanol–water partition coefficient (Wildman–Crippen LogP) is 2.24. The van der Waals surface area contributed by atoms with Crippen LogP contribution >= 0.6 is 0 Å². The molecule has 3 rings (SSSR count). The van der Waals surface area contributed by atoms with Gasteiger partial charge in [-0.25, -0.2) is 0 Å². The highest BCUT2D eigenvalue weighted by molar-refractivity contribution is 6.35. The Kier molecular flexibility index (Phi) is 5.56.